The zero-order valence-corrected chi connectivity index (χ0v) is 19.1. The molecule has 3 aromatic carbocycles. The van der Waals surface area contributed by atoms with Crippen LogP contribution in [0.3, 0.4) is 0 Å². The van der Waals surface area contributed by atoms with Crippen LogP contribution in [0.5, 0.6) is 0 Å². The van der Waals surface area contributed by atoms with Gasteiger partial charge in [0.2, 0.25) is 0 Å². The number of nitro benzene ring substituents is 1. The van der Waals surface area contributed by atoms with Gasteiger partial charge in [0.1, 0.15) is 6.04 Å². The number of amides is 1. The number of nitrogens with one attached hydrogen (secondary N) is 1. The molecule has 1 fully saturated rings. The van der Waals surface area contributed by atoms with Crippen molar-refractivity contribution < 1.29 is 32.8 Å². The molecule has 0 spiro atoms. The van der Waals surface area contributed by atoms with Gasteiger partial charge in [-0.25, -0.2) is 8.42 Å². The van der Waals surface area contributed by atoms with Crippen LogP contribution in [0.2, 0.25) is 0 Å². The van der Waals surface area contributed by atoms with Crippen LogP contribution in [-0.2, 0) is 24.3 Å². The van der Waals surface area contributed by atoms with E-state index in [1.807, 2.05) is 30.3 Å². The average Bonchev–Trinajstić information content (AvgIpc) is 3.25. The summed E-state index contributed by atoms with van der Waals surface area (Å²) in [6.07, 6.45) is -1.46. The molecule has 35 heavy (non-hydrogen) atoms. The predicted octanol–water partition coefficient (Wildman–Crippen LogP) is 2.05. The molecule has 182 valence electrons. The van der Waals surface area contributed by atoms with Gasteiger partial charge in [0.05, 0.1) is 11.0 Å². The molecule has 0 aliphatic carbocycles. The van der Waals surface area contributed by atoms with Crippen LogP contribution < -0.4 is 5.32 Å². The zero-order valence-electron chi connectivity index (χ0n) is 18.2. The molecule has 11 nitrogen and oxygen atoms in total. The Morgan fingerprint density at radius 1 is 1.09 bits per heavy atom. The largest absolute Gasteiger partial charge is 0.454 e. The summed E-state index contributed by atoms with van der Waals surface area (Å²) in [7, 11) is -4.52. The van der Waals surface area contributed by atoms with E-state index in [9.17, 15) is 33.2 Å². The number of β-amino-alcohol motifs (C(OH)–C–C–N with tert-alkyl or cyclic N) is 1. The summed E-state index contributed by atoms with van der Waals surface area (Å²) in [6.45, 7) is -1.13. The second kappa shape index (κ2) is 9.78. The number of carbonyl (C=O) groups excluding carboxylic acids is 2. The van der Waals surface area contributed by atoms with Gasteiger partial charge in [0.15, 0.2) is 11.5 Å². The predicted molar refractivity (Wildman–Crippen MR) is 125 cm³/mol. The molecule has 1 amide bonds. The number of carbonyl (C=O) groups is 2. The average molecular weight is 500 g/mol. The first-order chi connectivity index (χ1) is 16.7. The molecule has 0 aromatic heterocycles. The van der Waals surface area contributed by atoms with Crippen molar-refractivity contribution in [1.29, 1.82) is 0 Å². The van der Waals surface area contributed by atoms with Gasteiger partial charge >= 0.3 is 5.97 Å². The van der Waals surface area contributed by atoms with E-state index in [2.05, 4.69) is 5.32 Å². The van der Waals surface area contributed by atoms with E-state index in [0.717, 1.165) is 22.9 Å². The fourth-order valence-corrected chi connectivity index (χ4v) is 5.70. The van der Waals surface area contributed by atoms with Crippen molar-refractivity contribution in [3.05, 3.63) is 76.8 Å². The third kappa shape index (κ3) is 5.14. The molecule has 1 aliphatic rings. The smallest absolute Gasteiger partial charge is 0.325 e. The summed E-state index contributed by atoms with van der Waals surface area (Å²) in [5.74, 6) is -1.68. The molecular formula is C23H21N3O8S. The van der Waals surface area contributed by atoms with Gasteiger partial charge in [0.25, 0.3) is 21.6 Å². The van der Waals surface area contributed by atoms with Crippen LogP contribution in [0.1, 0.15) is 6.42 Å². The number of ether oxygens (including phenoxy) is 1. The van der Waals surface area contributed by atoms with Crippen LogP contribution in [0.15, 0.2) is 71.6 Å². The highest BCUT2D eigenvalue weighted by atomic mass is 32.2. The number of hydrogen-bond donors (Lipinski definition) is 2. The minimum absolute atomic E-state index is 0.273. The van der Waals surface area contributed by atoms with Crippen LogP contribution in [0.25, 0.3) is 10.8 Å². The van der Waals surface area contributed by atoms with Crippen LogP contribution in [-0.4, -0.2) is 59.9 Å². The summed E-state index contributed by atoms with van der Waals surface area (Å²) in [6, 6.07) is 16.1. The normalized spacial score (nSPS) is 18.3. The molecule has 1 aliphatic heterocycles. The van der Waals surface area contributed by atoms with Crippen molar-refractivity contribution in [3.63, 3.8) is 0 Å². The van der Waals surface area contributed by atoms with E-state index >= 15 is 0 Å². The number of aliphatic hydroxyl groups excluding tert-OH is 1. The number of fused-ring (bicyclic) bond motifs is 1. The van der Waals surface area contributed by atoms with Gasteiger partial charge in [0, 0.05) is 24.7 Å². The lowest BCUT2D eigenvalue weighted by Crippen LogP contribution is -2.42. The second-order valence-electron chi connectivity index (χ2n) is 7.92. The number of esters is 1. The van der Waals surface area contributed by atoms with Gasteiger partial charge in [-0.15, -0.1) is 0 Å². The molecule has 0 bridgehead atoms. The maximum Gasteiger partial charge on any atom is 0.325 e. The summed E-state index contributed by atoms with van der Waals surface area (Å²) >= 11 is 0. The third-order valence-corrected chi connectivity index (χ3v) is 7.46. The first-order valence-corrected chi connectivity index (χ1v) is 12.0. The number of para-hydroxylation sites is 1. The number of sulfonamides is 1. The number of rotatable bonds is 7. The number of nitrogens with zero attached hydrogens (tertiary/aromatic N) is 2. The molecule has 2 N–H and O–H groups in total. The summed E-state index contributed by atoms with van der Waals surface area (Å²) in [5, 5.41) is 25.8. The molecule has 1 saturated heterocycles. The van der Waals surface area contributed by atoms with Crippen LogP contribution in [0.4, 0.5) is 11.4 Å². The molecule has 3 aromatic rings. The lowest BCUT2D eigenvalue weighted by molar-refractivity contribution is -0.387. The van der Waals surface area contributed by atoms with Gasteiger partial charge in [-0.05, 0) is 29.0 Å². The van der Waals surface area contributed by atoms with Crippen molar-refractivity contribution >= 4 is 44.0 Å². The topological polar surface area (TPSA) is 156 Å². The Labute approximate surface area is 200 Å². The Hall–Kier alpha value is -3.87. The highest BCUT2D eigenvalue weighted by molar-refractivity contribution is 7.89. The summed E-state index contributed by atoms with van der Waals surface area (Å²) < 4.78 is 32.0. The van der Waals surface area contributed by atoms with Crippen molar-refractivity contribution in [2.75, 3.05) is 18.5 Å². The molecule has 1 heterocycles. The Balaban J connectivity index is 1.45. The molecule has 0 saturated carbocycles. The molecule has 2 atom stereocenters. The molecule has 0 unspecified atom stereocenters. The monoisotopic (exact) mass is 499 g/mol. The quantitative estimate of drug-likeness (QED) is 0.284. The maximum absolute atomic E-state index is 13.1. The maximum atomic E-state index is 13.1. The Bertz CT molecular complexity index is 1410. The van der Waals surface area contributed by atoms with Crippen molar-refractivity contribution in [3.8, 4) is 0 Å². The van der Waals surface area contributed by atoms with Crippen molar-refractivity contribution in [2.45, 2.75) is 23.5 Å². The van der Waals surface area contributed by atoms with Gasteiger partial charge in [-0.2, -0.15) is 4.31 Å². The number of nitro groups is 1. The van der Waals surface area contributed by atoms with E-state index in [-0.39, 0.29) is 6.42 Å². The first-order valence-electron chi connectivity index (χ1n) is 10.6. The van der Waals surface area contributed by atoms with Gasteiger partial charge in [-0.1, -0.05) is 42.5 Å². The Morgan fingerprint density at radius 3 is 2.51 bits per heavy atom. The van der Waals surface area contributed by atoms with Crippen LogP contribution >= 0.6 is 0 Å². The van der Waals surface area contributed by atoms with Gasteiger partial charge < -0.3 is 15.2 Å². The number of anilines is 1. The first kappa shape index (κ1) is 24.3. The Kier molecular flexibility index (Phi) is 6.78. The highest BCUT2D eigenvalue weighted by Gasteiger charge is 2.46. The van der Waals surface area contributed by atoms with Crippen molar-refractivity contribution in [2.24, 2.45) is 0 Å². The standard InChI is InChI=1S/C23H21N3O8S/c27-18-12-20(25(13-18)35(32,33)21-8-4-3-7-19(21)26(30)31)23(29)34-14-22(28)24-17-10-9-15-5-1-2-6-16(15)11-17/h1-11,18,20,27H,12-14H2,(H,24,28)/t18-,20-/m0/s1. The summed E-state index contributed by atoms with van der Waals surface area (Å²) in [4.78, 5) is 34.8. The third-order valence-electron chi connectivity index (χ3n) is 5.53. The van der Waals surface area contributed by atoms with E-state index in [4.69, 9.17) is 4.74 Å². The van der Waals surface area contributed by atoms with E-state index in [0.29, 0.717) is 9.99 Å². The number of benzene rings is 3. The minimum atomic E-state index is -4.52. The van der Waals surface area contributed by atoms with E-state index in [1.54, 1.807) is 12.1 Å². The fraction of sp³-hybridized carbons (Fsp3) is 0.217. The minimum Gasteiger partial charge on any atom is -0.454 e. The molecular weight excluding hydrogens is 478 g/mol. The number of aliphatic hydroxyl groups is 1. The molecule has 4 rings (SSSR count). The summed E-state index contributed by atoms with van der Waals surface area (Å²) in [5.41, 5.74) is -0.169. The lowest BCUT2D eigenvalue weighted by Gasteiger charge is -2.22. The Morgan fingerprint density at radius 2 is 1.77 bits per heavy atom. The van der Waals surface area contributed by atoms with Crippen molar-refractivity contribution in [1.82, 2.24) is 4.31 Å². The lowest BCUT2D eigenvalue weighted by atomic mass is 10.1. The number of hydrogen-bond acceptors (Lipinski definition) is 8. The van der Waals surface area contributed by atoms with Crippen LogP contribution in [0, 0.1) is 10.1 Å². The molecule has 12 heteroatoms. The zero-order chi connectivity index (χ0) is 25.2. The molecule has 0 radical (unpaired) electrons. The highest BCUT2D eigenvalue weighted by Crippen LogP contribution is 2.32. The SMILES string of the molecule is O=C(COC(=O)[C@@H]1C[C@H](O)CN1S(=O)(=O)c1ccccc1[N+](=O)[O-])Nc1ccc2ccccc2c1. The van der Waals surface area contributed by atoms with E-state index in [1.165, 1.54) is 12.1 Å². The van der Waals surface area contributed by atoms with Gasteiger partial charge in [-0.3, -0.25) is 19.7 Å². The van der Waals surface area contributed by atoms with E-state index < -0.39 is 62.7 Å². The fourth-order valence-electron chi connectivity index (χ4n) is 3.91. The second-order valence-corrected chi connectivity index (χ2v) is 9.78.